The van der Waals surface area contributed by atoms with Gasteiger partial charge in [-0.05, 0) is 18.2 Å². The first-order chi connectivity index (χ1) is 9.41. The van der Waals surface area contributed by atoms with Gasteiger partial charge in [0.2, 0.25) is 15.8 Å². The lowest BCUT2D eigenvalue weighted by Gasteiger charge is -2.10. The van der Waals surface area contributed by atoms with E-state index in [9.17, 15) is 13.2 Å². The van der Waals surface area contributed by atoms with Crippen molar-refractivity contribution in [3.8, 4) is 5.75 Å². The Bertz CT molecular complexity index is 725. The summed E-state index contributed by atoms with van der Waals surface area (Å²) in [6, 6.07) is 5.22. The smallest absolute Gasteiger partial charge is 0.294 e. The second-order valence-corrected chi connectivity index (χ2v) is 5.30. The standard InChI is InChI=1S/C11H11N3O5S/c1-18-9-3-2-7(20(12,16)17)6-8(9)14-11(15)10-4-5-13-19-10/h2-6H,1H3,(H,14,15)(H2,12,16,17). The van der Waals surface area contributed by atoms with Gasteiger partial charge in [0.05, 0.1) is 23.9 Å². The maximum absolute atomic E-state index is 11.8. The summed E-state index contributed by atoms with van der Waals surface area (Å²) in [5.41, 5.74) is 0.153. The molecule has 0 bridgehead atoms. The fraction of sp³-hybridized carbons (Fsp3) is 0.0909. The van der Waals surface area contributed by atoms with Gasteiger partial charge in [0.25, 0.3) is 5.91 Å². The minimum Gasteiger partial charge on any atom is -0.495 e. The first-order valence-corrected chi connectivity index (χ1v) is 6.89. The number of amides is 1. The van der Waals surface area contributed by atoms with Gasteiger partial charge in [-0.25, -0.2) is 13.6 Å². The van der Waals surface area contributed by atoms with Crippen LogP contribution in [0.5, 0.6) is 5.75 Å². The van der Waals surface area contributed by atoms with E-state index < -0.39 is 15.9 Å². The molecule has 1 aromatic carbocycles. The highest BCUT2D eigenvalue weighted by Gasteiger charge is 2.16. The zero-order valence-electron chi connectivity index (χ0n) is 10.4. The van der Waals surface area contributed by atoms with E-state index in [-0.39, 0.29) is 22.1 Å². The van der Waals surface area contributed by atoms with Crippen LogP contribution in [0.15, 0.2) is 39.9 Å². The van der Waals surface area contributed by atoms with Crippen LogP contribution in [0.2, 0.25) is 0 Å². The second kappa shape index (κ2) is 5.31. The third-order valence-electron chi connectivity index (χ3n) is 2.41. The highest BCUT2D eigenvalue weighted by atomic mass is 32.2. The van der Waals surface area contributed by atoms with Crippen LogP contribution in [0, 0.1) is 0 Å². The molecule has 0 saturated heterocycles. The average molecular weight is 297 g/mol. The molecule has 0 spiro atoms. The normalized spacial score (nSPS) is 11.1. The molecule has 1 aromatic heterocycles. The molecule has 3 N–H and O–H groups in total. The lowest BCUT2D eigenvalue weighted by molar-refractivity contribution is 0.0987. The van der Waals surface area contributed by atoms with Crippen molar-refractivity contribution in [2.75, 3.05) is 12.4 Å². The zero-order valence-corrected chi connectivity index (χ0v) is 11.2. The number of nitrogens with one attached hydrogen (secondary N) is 1. The fourth-order valence-corrected chi connectivity index (χ4v) is 2.02. The number of primary sulfonamides is 1. The number of hydrogen-bond acceptors (Lipinski definition) is 6. The van der Waals surface area contributed by atoms with Crippen LogP contribution < -0.4 is 15.2 Å². The summed E-state index contributed by atoms with van der Waals surface area (Å²) < 4.78 is 32.3. The van der Waals surface area contributed by atoms with E-state index in [0.29, 0.717) is 0 Å². The second-order valence-electron chi connectivity index (χ2n) is 3.74. The number of nitrogens with zero attached hydrogens (tertiary/aromatic N) is 1. The summed E-state index contributed by atoms with van der Waals surface area (Å²) in [7, 11) is -2.50. The van der Waals surface area contributed by atoms with E-state index in [1.165, 1.54) is 37.6 Å². The van der Waals surface area contributed by atoms with Gasteiger partial charge < -0.3 is 14.6 Å². The molecule has 0 saturated carbocycles. The molecule has 0 aliphatic heterocycles. The van der Waals surface area contributed by atoms with Gasteiger partial charge in [0.15, 0.2) is 0 Å². The van der Waals surface area contributed by atoms with Crippen LogP contribution >= 0.6 is 0 Å². The van der Waals surface area contributed by atoms with Crippen molar-refractivity contribution >= 4 is 21.6 Å². The molecule has 0 fully saturated rings. The van der Waals surface area contributed by atoms with E-state index in [1.807, 2.05) is 0 Å². The largest absolute Gasteiger partial charge is 0.495 e. The van der Waals surface area contributed by atoms with Crippen LogP contribution in [-0.2, 0) is 10.0 Å². The predicted molar refractivity (Wildman–Crippen MR) is 68.8 cm³/mol. The Morgan fingerprint density at radius 3 is 2.70 bits per heavy atom. The Morgan fingerprint density at radius 1 is 1.40 bits per heavy atom. The number of aromatic nitrogens is 1. The average Bonchev–Trinajstić information content (AvgIpc) is 2.91. The van der Waals surface area contributed by atoms with Gasteiger partial charge >= 0.3 is 0 Å². The summed E-state index contributed by atoms with van der Waals surface area (Å²) in [5.74, 6) is -0.328. The van der Waals surface area contributed by atoms with Crippen LogP contribution in [-0.4, -0.2) is 26.6 Å². The Balaban J connectivity index is 2.37. The Morgan fingerprint density at radius 2 is 2.15 bits per heavy atom. The Hall–Kier alpha value is -2.39. The third-order valence-corrected chi connectivity index (χ3v) is 3.32. The molecule has 8 nitrogen and oxygen atoms in total. The van der Waals surface area contributed by atoms with E-state index >= 15 is 0 Å². The quantitative estimate of drug-likeness (QED) is 0.850. The van der Waals surface area contributed by atoms with Crippen molar-refractivity contribution in [1.29, 1.82) is 0 Å². The van der Waals surface area contributed by atoms with Crippen molar-refractivity contribution in [3.05, 3.63) is 36.2 Å². The molecule has 0 aliphatic rings. The monoisotopic (exact) mass is 297 g/mol. The molecule has 0 atom stereocenters. The minimum absolute atomic E-state index is 0.0203. The van der Waals surface area contributed by atoms with Crippen molar-refractivity contribution in [3.63, 3.8) is 0 Å². The highest BCUT2D eigenvalue weighted by Crippen LogP contribution is 2.27. The molecular formula is C11H11N3O5S. The number of benzene rings is 1. The van der Waals surface area contributed by atoms with Crippen molar-refractivity contribution in [1.82, 2.24) is 5.16 Å². The molecule has 0 unspecified atom stereocenters. The number of ether oxygens (including phenoxy) is 1. The third kappa shape index (κ3) is 2.95. The van der Waals surface area contributed by atoms with Gasteiger partial charge in [0.1, 0.15) is 5.75 Å². The molecular weight excluding hydrogens is 286 g/mol. The summed E-state index contributed by atoms with van der Waals surface area (Å²) in [4.78, 5) is 11.7. The molecule has 1 amide bonds. The predicted octanol–water partition coefficient (Wildman–Crippen LogP) is 0.583. The maximum atomic E-state index is 11.8. The number of hydrogen-bond donors (Lipinski definition) is 2. The lowest BCUT2D eigenvalue weighted by Crippen LogP contribution is -2.15. The van der Waals surface area contributed by atoms with E-state index in [4.69, 9.17) is 14.4 Å². The first kappa shape index (κ1) is 14.0. The van der Waals surface area contributed by atoms with E-state index in [1.54, 1.807) is 0 Å². The molecule has 9 heteroatoms. The molecule has 2 rings (SSSR count). The summed E-state index contributed by atoms with van der Waals surface area (Å²) in [5, 5.41) is 10.9. The number of carbonyl (C=O) groups is 1. The molecule has 0 radical (unpaired) electrons. The highest BCUT2D eigenvalue weighted by molar-refractivity contribution is 7.89. The van der Waals surface area contributed by atoms with Crippen molar-refractivity contribution in [2.24, 2.45) is 5.14 Å². The Kier molecular flexibility index (Phi) is 3.72. The number of methoxy groups -OCH3 is 1. The molecule has 106 valence electrons. The van der Waals surface area contributed by atoms with Gasteiger partial charge in [-0.2, -0.15) is 0 Å². The number of anilines is 1. The Labute approximate surface area is 114 Å². The fourth-order valence-electron chi connectivity index (χ4n) is 1.48. The van der Waals surface area contributed by atoms with Crippen LogP contribution in [0.3, 0.4) is 0 Å². The van der Waals surface area contributed by atoms with E-state index in [0.717, 1.165) is 0 Å². The zero-order chi connectivity index (χ0) is 14.8. The van der Waals surface area contributed by atoms with Gasteiger partial charge in [-0.15, -0.1) is 0 Å². The maximum Gasteiger partial charge on any atom is 0.294 e. The van der Waals surface area contributed by atoms with Gasteiger partial charge in [-0.3, -0.25) is 4.79 Å². The number of carbonyl (C=O) groups excluding carboxylic acids is 1. The summed E-state index contributed by atoms with van der Waals surface area (Å²) in [6.07, 6.45) is 1.31. The van der Waals surface area contributed by atoms with Crippen molar-refractivity contribution in [2.45, 2.75) is 4.90 Å². The van der Waals surface area contributed by atoms with Gasteiger partial charge in [0, 0.05) is 6.07 Å². The topological polar surface area (TPSA) is 125 Å². The van der Waals surface area contributed by atoms with Crippen LogP contribution in [0.4, 0.5) is 5.69 Å². The number of nitrogens with two attached hydrogens (primary N) is 1. The van der Waals surface area contributed by atoms with E-state index in [2.05, 4.69) is 10.5 Å². The minimum atomic E-state index is -3.88. The number of rotatable bonds is 4. The van der Waals surface area contributed by atoms with Crippen LogP contribution in [0.25, 0.3) is 0 Å². The van der Waals surface area contributed by atoms with Gasteiger partial charge in [-0.1, -0.05) is 5.16 Å². The van der Waals surface area contributed by atoms with Crippen LogP contribution in [0.1, 0.15) is 10.6 Å². The lowest BCUT2D eigenvalue weighted by atomic mass is 10.3. The molecule has 20 heavy (non-hydrogen) atoms. The summed E-state index contributed by atoms with van der Waals surface area (Å²) >= 11 is 0. The molecule has 2 aromatic rings. The summed E-state index contributed by atoms with van der Waals surface area (Å²) in [6.45, 7) is 0. The molecule has 1 heterocycles. The SMILES string of the molecule is COc1ccc(S(N)(=O)=O)cc1NC(=O)c1ccno1. The number of sulfonamides is 1. The van der Waals surface area contributed by atoms with Crippen molar-refractivity contribution < 1.29 is 22.5 Å². The first-order valence-electron chi connectivity index (χ1n) is 5.34. The molecule has 0 aliphatic carbocycles.